The molecule has 1 aliphatic heterocycles. The third kappa shape index (κ3) is 3.42. The number of halogens is 2. The number of para-hydroxylation sites is 1. The fourth-order valence-electron chi connectivity index (χ4n) is 4.39. The molecule has 3 aromatic carbocycles. The lowest BCUT2D eigenvalue weighted by Gasteiger charge is -2.36. The lowest BCUT2D eigenvalue weighted by Crippen LogP contribution is -2.40. The van der Waals surface area contributed by atoms with Gasteiger partial charge in [-0.2, -0.15) is 0 Å². The van der Waals surface area contributed by atoms with E-state index in [0.29, 0.717) is 28.6 Å². The van der Waals surface area contributed by atoms with Crippen LogP contribution in [0.15, 0.2) is 66.7 Å². The number of aromatic amines is 1. The highest BCUT2D eigenvalue weighted by molar-refractivity contribution is 6.42. The second kappa shape index (κ2) is 7.97. The van der Waals surface area contributed by atoms with Crippen LogP contribution in [0.1, 0.15) is 33.2 Å². The number of H-pyrrole nitrogens is 1. The van der Waals surface area contributed by atoms with Crippen molar-refractivity contribution in [2.45, 2.75) is 12.5 Å². The van der Waals surface area contributed by atoms with Gasteiger partial charge in [-0.15, -0.1) is 0 Å². The zero-order valence-electron chi connectivity index (χ0n) is 16.8. The highest BCUT2D eigenvalue weighted by Crippen LogP contribution is 2.39. The van der Waals surface area contributed by atoms with Crippen molar-refractivity contribution in [2.24, 2.45) is 0 Å². The van der Waals surface area contributed by atoms with E-state index in [9.17, 15) is 14.9 Å². The minimum Gasteiger partial charge on any atom is -0.356 e. The zero-order chi connectivity index (χ0) is 22.4. The van der Waals surface area contributed by atoms with Gasteiger partial charge in [0.15, 0.2) is 0 Å². The number of benzene rings is 3. The van der Waals surface area contributed by atoms with Gasteiger partial charge in [0.2, 0.25) is 0 Å². The van der Waals surface area contributed by atoms with Crippen LogP contribution in [0.25, 0.3) is 10.9 Å². The number of carbonyl (C=O) groups excluding carboxylic acids is 1. The first-order chi connectivity index (χ1) is 15.4. The third-order valence-electron chi connectivity index (χ3n) is 5.89. The quantitative estimate of drug-likeness (QED) is 0.360. The minimum atomic E-state index is -0.402. The van der Waals surface area contributed by atoms with Crippen LogP contribution in [0, 0.1) is 4.91 Å². The topological polar surface area (TPSA) is 76.4 Å². The first-order valence-corrected chi connectivity index (χ1v) is 10.8. The monoisotopic (exact) mass is 466 g/mol. The van der Waals surface area contributed by atoms with E-state index in [1.807, 2.05) is 18.2 Å². The second-order valence-electron chi connectivity index (χ2n) is 7.71. The van der Waals surface area contributed by atoms with Gasteiger partial charge in [0, 0.05) is 40.8 Å². The van der Waals surface area contributed by atoms with Crippen molar-refractivity contribution in [1.29, 1.82) is 0 Å². The van der Waals surface area contributed by atoms with Crippen LogP contribution in [0.4, 0.5) is 5.69 Å². The maximum Gasteiger partial charge on any atom is 0.316 e. The molecule has 160 valence electrons. The van der Waals surface area contributed by atoms with Crippen molar-refractivity contribution >= 4 is 45.7 Å². The normalized spacial score (nSPS) is 15.6. The van der Waals surface area contributed by atoms with Crippen molar-refractivity contribution in [3.63, 3.8) is 0 Å². The van der Waals surface area contributed by atoms with Gasteiger partial charge in [-0.25, -0.2) is 5.21 Å². The lowest BCUT2D eigenvalue weighted by molar-refractivity contribution is -0.729. The van der Waals surface area contributed by atoms with E-state index in [4.69, 9.17) is 23.2 Å². The van der Waals surface area contributed by atoms with Gasteiger partial charge in [-0.1, -0.05) is 41.4 Å². The Morgan fingerprint density at radius 2 is 1.78 bits per heavy atom. The number of carbonyl (C=O) groups is 1. The number of aromatic nitrogens is 1. The molecule has 32 heavy (non-hydrogen) atoms. The highest BCUT2D eigenvalue weighted by atomic mass is 35.5. The number of hydrogen-bond acceptors (Lipinski definition) is 2. The maximum atomic E-state index is 13.6. The molecule has 6 nitrogen and oxygen atoms in total. The number of nitrogens with zero attached hydrogens (tertiary/aromatic N) is 2. The molecule has 0 spiro atoms. The Morgan fingerprint density at radius 3 is 2.50 bits per heavy atom. The van der Waals surface area contributed by atoms with Crippen LogP contribution in [0.3, 0.4) is 0 Å². The average molecular weight is 467 g/mol. The van der Waals surface area contributed by atoms with Gasteiger partial charge in [-0.3, -0.25) is 4.79 Å². The Hall–Kier alpha value is -3.35. The van der Waals surface area contributed by atoms with E-state index >= 15 is 0 Å². The molecule has 0 aliphatic carbocycles. The van der Waals surface area contributed by atoms with Crippen LogP contribution in [0.2, 0.25) is 10.0 Å². The smallest absolute Gasteiger partial charge is 0.316 e. The third-order valence-corrected chi connectivity index (χ3v) is 6.63. The summed E-state index contributed by atoms with van der Waals surface area (Å²) in [7, 11) is 0. The van der Waals surface area contributed by atoms with Crippen LogP contribution in [-0.4, -0.2) is 32.5 Å². The van der Waals surface area contributed by atoms with Crippen molar-refractivity contribution in [2.75, 3.05) is 6.54 Å². The summed E-state index contributed by atoms with van der Waals surface area (Å²) in [5, 5.41) is 11.0. The Kier molecular flexibility index (Phi) is 5.12. The molecular weight excluding hydrogens is 449 g/mol. The van der Waals surface area contributed by atoms with Crippen molar-refractivity contribution in [3.8, 4) is 0 Å². The van der Waals surface area contributed by atoms with E-state index in [1.165, 1.54) is 17.7 Å². The van der Waals surface area contributed by atoms with E-state index in [2.05, 4.69) is 11.1 Å². The van der Waals surface area contributed by atoms with Crippen LogP contribution in [-0.2, 0) is 6.42 Å². The molecule has 4 aromatic rings. The Balaban J connectivity index is 1.64. The standard InChI is InChI=1S/C24H18Cl2N3O3/c25-19-10-7-15(13-20(19)26)24(30)28-12-11-18-17-3-1-2-4-21(17)27-22(18)23(28)14-5-8-16(9-6-14)29(31)32/h1-10,13,23,27H,11-12H2,(H,31,32)/q+1. The molecule has 1 atom stereocenters. The molecule has 0 radical (unpaired) electrons. The summed E-state index contributed by atoms with van der Waals surface area (Å²) in [5.41, 5.74) is 4.48. The minimum absolute atomic E-state index is 0.115. The number of nitrogens with one attached hydrogen (secondary N) is 1. The first kappa shape index (κ1) is 20.5. The Labute approximate surface area is 193 Å². The van der Waals surface area contributed by atoms with Crippen molar-refractivity contribution in [3.05, 3.63) is 104 Å². The van der Waals surface area contributed by atoms with Gasteiger partial charge in [-0.05, 0) is 53.9 Å². The summed E-state index contributed by atoms with van der Waals surface area (Å²) in [4.78, 5) is 29.9. The molecule has 0 bridgehead atoms. The molecule has 5 rings (SSSR count). The van der Waals surface area contributed by atoms with Gasteiger partial charge >= 0.3 is 5.69 Å². The second-order valence-corrected chi connectivity index (χ2v) is 8.52. The molecule has 0 saturated heterocycles. The number of rotatable bonds is 3. The molecule has 0 saturated carbocycles. The fraction of sp³-hybridized carbons (Fsp3) is 0.125. The van der Waals surface area contributed by atoms with Gasteiger partial charge < -0.3 is 9.88 Å². The van der Waals surface area contributed by atoms with Gasteiger partial charge in [0.1, 0.15) is 0 Å². The van der Waals surface area contributed by atoms with Crippen LogP contribution < -0.4 is 0 Å². The summed E-state index contributed by atoms with van der Waals surface area (Å²) in [5.74, 6) is -0.172. The summed E-state index contributed by atoms with van der Waals surface area (Å²) < 4.78 is 0. The number of amides is 1. The molecule has 2 N–H and O–H groups in total. The predicted molar refractivity (Wildman–Crippen MR) is 123 cm³/mol. The summed E-state index contributed by atoms with van der Waals surface area (Å²) in [6.45, 7) is 0.508. The number of hydrogen-bond donors (Lipinski definition) is 2. The first-order valence-electron chi connectivity index (χ1n) is 10.1. The molecule has 0 fully saturated rings. The van der Waals surface area contributed by atoms with Gasteiger partial charge in [0.05, 0.1) is 21.0 Å². The fourth-order valence-corrected chi connectivity index (χ4v) is 4.68. The summed E-state index contributed by atoms with van der Waals surface area (Å²) in [6.07, 6.45) is 0.700. The molecule has 1 aromatic heterocycles. The molecule has 8 heteroatoms. The van der Waals surface area contributed by atoms with E-state index in [1.54, 1.807) is 35.2 Å². The Morgan fingerprint density at radius 1 is 1.03 bits per heavy atom. The SMILES string of the molecule is O=C(c1ccc(Cl)c(Cl)c1)N1CCc2c([nH]c3ccccc23)C1c1ccc([N+](=O)O)cc1. The molecule has 2 heterocycles. The summed E-state index contributed by atoms with van der Waals surface area (Å²) >= 11 is 12.2. The molecule has 1 unspecified atom stereocenters. The van der Waals surface area contributed by atoms with Gasteiger partial charge in [0.25, 0.3) is 10.8 Å². The van der Waals surface area contributed by atoms with E-state index < -0.39 is 6.04 Å². The molecule has 1 aliphatic rings. The zero-order valence-corrected chi connectivity index (χ0v) is 18.3. The number of fused-ring (bicyclic) bond motifs is 3. The van der Waals surface area contributed by atoms with Crippen LogP contribution in [0.5, 0.6) is 0 Å². The van der Waals surface area contributed by atoms with Crippen molar-refractivity contribution < 1.29 is 14.9 Å². The lowest BCUT2D eigenvalue weighted by atomic mass is 9.91. The van der Waals surface area contributed by atoms with E-state index in [-0.39, 0.29) is 16.5 Å². The van der Waals surface area contributed by atoms with Crippen molar-refractivity contribution in [1.82, 2.24) is 9.88 Å². The molecular formula is C24H18Cl2N3O3+. The largest absolute Gasteiger partial charge is 0.356 e. The summed E-state index contributed by atoms with van der Waals surface area (Å²) in [6, 6.07) is 19.1. The molecule has 1 amide bonds. The van der Waals surface area contributed by atoms with Crippen LogP contribution >= 0.6 is 23.2 Å². The predicted octanol–water partition coefficient (Wildman–Crippen LogP) is 6.06. The maximum absolute atomic E-state index is 13.6. The Bertz CT molecular complexity index is 1360. The average Bonchev–Trinajstić information content (AvgIpc) is 3.18. The van der Waals surface area contributed by atoms with E-state index in [0.717, 1.165) is 22.2 Å². The highest BCUT2D eigenvalue weighted by Gasteiger charge is 2.35.